The molecule has 4 fully saturated rings. The zero-order valence-electron chi connectivity index (χ0n) is 16.0. The topological polar surface area (TPSA) is 58.2 Å². The molecule has 4 aliphatic rings. The summed E-state index contributed by atoms with van der Waals surface area (Å²) in [6.45, 7) is 1.96. The Hall–Kier alpha value is -1.55. The highest BCUT2D eigenvalue weighted by atomic mass is 35.5. The fraction of sp³-hybridized carbons (Fsp3) is 0.636. The van der Waals surface area contributed by atoms with Crippen LogP contribution in [-0.2, 0) is 9.59 Å². The molecule has 0 radical (unpaired) electrons. The van der Waals surface area contributed by atoms with E-state index in [0.29, 0.717) is 11.4 Å². The summed E-state index contributed by atoms with van der Waals surface area (Å²) < 4.78 is 0. The molecular formula is C22H29ClN2O2. The highest BCUT2D eigenvalue weighted by Gasteiger charge is 2.51. The zero-order chi connectivity index (χ0) is 19.0. The van der Waals surface area contributed by atoms with E-state index in [1.165, 1.54) is 38.5 Å². The number of carbonyl (C=O) groups is 2. The van der Waals surface area contributed by atoms with Gasteiger partial charge in [-0.1, -0.05) is 23.7 Å². The second-order valence-corrected chi connectivity index (χ2v) is 9.65. The van der Waals surface area contributed by atoms with E-state index in [1.54, 1.807) is 0 Å². The maximum absolute atomic E-state index is 12.5. The van der Waals surface area contributed by atoms with Gasteiger partial charge >= 0.3 is 0 Å². The van der Waals surface area contributed by atoms with Crippen LogP contribution in [0.4, 0.5) is 0 Å². The number of amides is 2. The van der Waals surface area contributed by atoms with Gasteiger partial charge in [0.2, 0.25) is 11.8 Å². The van der Waals surface area contributed by atoms with Crippen LogP contribution >= 0.6 is 11.6 Å². The average molecular weight is 389 g/mol. The van der Waals surface area contributed by atoms with E-state index in [9.17, 15) is 9.59 Å². The normalized spacial score (nSPS) is 32.1. The van der Waals surface area contributed by atoms with E-state index in [2.05, 4.69) is 10.6 Å². The molecule has 5 rings (SSSR count). The van der Waals surface area contributed by atoms with Crippen molar-refractivity contribution in [2.75, 3.05) is 6.54 Å². The molecule has 146 valence electrons. The molecule has 0 saturated heterocycles. The fourth-order valence-electron chi connectivity index (χ4n) is 6.24. The number of hydrogen-bond acceptors (Lipinski definition) is 2. The molecule has 0 heterocycles. The van der Waals surface area contributed by atoms with E-state index in [1.807, 2.05) is 31.2 Å². The quantitative estimate of drug-likeness (QED) is 0.765. The Kier molecular flexibility index (Phi) is 5.19. The molecule has 4 saturated carbocycles. The number of halogens is 1. The summed E-state index contributed by atoms with van der Waals surface area (Å²) in [5, 5.41) is 6.42. The van der Waals surface area contributed by atoms with Crippen LogP contribution in [0.5, 0.6) is 0 Å². The largest absolute Gasteiger partial charge is 0.348 e. The van der Waals surface area contributed by atoms with Crippen molar-refractivity contribution in [3.8, 4) is 0 Å². The lowest BCUT2D eigenvalue weighted by Gasteiger charge is -2.56. The Balaban J connectivity index is 1.25. The Bertz CT molecular complexity index is 697. The van der Waals surface area contributed by atoms with Crippen LogP contribution in [0, 0.1) is 23.2 Å². The molecular weight excluding hydrogens is 360 g/mol. The first kappa shape index (κ1) is 18.8. The lowest BCUT2D eigenvalue weighted by molar-refractivity contribution is -0.132. The van der Waals surface area contributed by atoms with Crippen LogP contribution < -0.4 is 10.6 Å². The summed E-state index contributed by atoms with van der Waals surface area (Å²) in [5.74, 6) is 2.38. The van der Waals surface area contributed by atoms with Crippen LogP contribution in [0.1, 0.15) is 63.5 Å². The third-order valence-corrected chi connectivity index (χ3v) is 7.11. The summed E-state index contributed by atoms with van der Waals surface area (Å²) in [7, 11) is 0. The predicted molar refractivity (Wildman–Crippen MR) is 106 cm³/mol. The van der Waals surface area contributed by atoms with Crippen LogP contribution in [0.3, 0.4) is 0 Å². The molecule has 1 atom stereocenters. The van der Waals surface area contributed by atoms with Gasteiger partial charge in [0.05, 0.1) is 12.6 Å². The van der Waals surface area contributed by atoms with Crippen LogP contribution in [0.25, 0.3) is 0 Å². The zero-order valence-corrected chi connectivity index (χ0v) is 16.7. The van der Waals surface area contributed by atoms with Gasteiger partial charge in [-0.15, -0.1) is 0 Å². The van der Waals surface area contributed by atoms with Crippen LogP contribution in [0.2, 0.25) is 5.02 Å². The van der Waals surface area contributed by atoms with Crippen LogP contribution in [0.15, 0.2) is 24.3 Å². The molecule has 1 aromatic rings. The number of carbonyl (C=O) groups excluding carboxylic acids is 2. The van der Waals surface area contributed by atoms with E-state index in [4.69, 9.17) is 11.6 Å². The molecule has 1 aromatic carbocycles. The summed E-state index contributed by atoms with van der Waals surface area (Å²) in [4.78, 5) is 24.7. The van der Waals surface area contributed by atoms with Gasteiger partial charge in [-0.3, -0.25) is 9.59 Å². The van der Waals surface area contributed by atoms with Gasteiger partial charge in [-0.2, -0.15) is 0 Å². The molecule has 2 amide bonds. The predicted octanol–water partition coefficient (Wildman–Crippen LogP) is 4.24. The number of nitrogens with one attached hydrogen (secondary N) is 2. The van der Waals surface area contributed by atoms with Crippen LogP contribution in [-0.4, -0.2) is 18.4 Å². The van der Waals surface area contributed by atoms with Crippen molar-refractivity contribution in [2.24, 2.45) is 23.2 Å². The lowest BCUT2D eigenvalue weighted by atomic mass is 9.49. The molecule has 4 aliphatic carbocycles. The maximum atomic E-state index is 12.5. The molecule has 4 nitrogen and oxygen atoms in total. The van der Waals surface area contributed by atoms with E-state index in [0.717, 1.165) is 23.3 Å². The molecule has 1 unspecified atom stereocenters. The summed E-state index contributed by atoms with van der Waals surface area (Å²) >= 11 is 6.01. The first-order valence-corrected chi connectivity index (χ1v) is 10.6. The average Bonchev–Trinajstić information content (AvgIpc) is 2.58. The lowest BCUT2D eigenvalue weighted by Crippen LogP contribution is -2.48. The van der Waals surface area contributed by atoms with Gasteiger partial charge in [-0.05, 0) is 86.3 Å². The first-order valence-electron chi connectivity index (χ1n) is 10.2. The Morgan fingerprint density at radius 2 is 1.74 bits per heavy atom. The third-order valence-electron chi connectivity index (χ3n) is 6.87. The first-order chi connectivity index (χ1) is 12.9. The molecule has 0 aliphatic heterocycles. The summed E-state index contributed by atoms with van der Waals surface area (Å²) in [6.07, 6.45) is 8.37. The van der Waals surface area contributed by atoms with Crippen molar-refractivity contribution in [3.05, 3.63) is 34.9 Å². The van der Waals surface area contributed by atoms with Crippen molar-refractivity contribution in [3.63, 3.8) is 0 Å². The van der Waals surface area contributed by atoms with E-state index >= 15 is 0 Å². The molecule has 0 spiro atoms. The minimum atomic E-state index is -0.165. The SMILES string of the molecule is CC(NC(=O)CNC(=O)CC12CC3CC(CC(C3)C1)C2)c1cccc(Cl)c1. The standard InChI is InChI=1S/C22H29ClN2O2/c1-14(18-3-2-4-19(23)8-18)25-21(27)13-24-20(26)12-22-9-15-5-16(10-22)7-17(6-15)11-22/h2-4,8,14-17H,5-7,9-13H2,1H3,(H,24,26)(H,25,27). The molecule has 0 aromatic heterocycles. The van der Waals surface area contributed by atoms with Crippen molar-refractivity contribution in [1.82, 2.24) is 10.6 Å². The third kappa shape index (κ3) is 4.31. The highest BCUT2D eigenvalue weighted by Crippen LogP contribution is 2.61. The van der Waals surface area contributed by atoms with Gasteiger partial charge < -0.3 is 10.6 Å². The maximum Gasteiger partial charge on any atom is 0.239 e. The number of hydrogen-bond donors (Lipinski definition) is 2. The van der Waals surface area contributed by atoms with Gasteiger partial charge in [0.25, 0.3) is 0 Å². The monoisotopic (exact) mass is 388 g/mol. The van der Waals surface area contributed by atoms with Gasteiger partial charge in [0, 0.05) is 11.4 Å². The smallest absolute Gasteiger partial charge is 0.239 e. The molecule has 5 heteroatoms. The molecule has 2 N–H and O–H groups in total. The van der Waals surface area contributed by atoms with Gasteiger partial charge in [0.1, 0.15) is 0 Å². The second kappa shape index (κ2) is 7.46. The van der Waals surface area contributed by atoms with Gasteiger partial charge in [0.15, 0.2) is 0 Å². The Labute approximate surface area is 166 Å². The highest BCUT2D eigenvalue weighted by molar-refractivity contribution is 6.30. The molecule has 4 bridgehead atoms. The number of rotatable bonds is 6. The van der Waals surface area contributed by atoms with Gasteiger partial charge in [-0.25, -0.2) is 0 Å². The molecule has 27 heavy (non-hydrogen) atoms. The minimum Gasteiger partial charge on any atom is -0.348 e. The second-order valence-electron chi connectivity index (χ2n) is 9.22. The Morgan fingerprint density at radius 3 is 2.33 bits per heavy atom. The Morgan fingerprint density at radius 1 is 1.11 bits per heavy atom. The van der Waals surface area contributed by atoms with Crippen molar-refractivity contribution in [1.29, 1.82) is 0 Å². The van der Waals surface area contributed by atoms with Crippen molar-refractivity contribution in [2.45, 2.75) is 57.9 Å². The fourth-order valence-corrected chi connectivity index (χ4v) is 6.44. The van der Waals surface area contributed by atoms with Crippen molar-refractivity contribution >= 4 is 23.4 Å². The van der Waals surface area contributed by atoms with Crippen molar-refractivity contribution < 1.29 is 9.59 Å². The van der Waals surface area contributed by atoms with E-state index < -0.39 is 0 Å². The van der Waals surface area contributed by atoms with E-state index in [-0.39, 0.29) is 29.8 Å². The number of benzene rings is 1. The minimum absolute atomic E-state index is 0.0301. The summed E-state index contributed by atoms with van der Waals surface area (Å²) in [5.41, 5.74) is 1.17. The summed E-state index contributed by atoms with van der Waals surface area (Å²) in [6, 6.07) is 7.31.